The zero-order valence-electron chi connectivity index (χ0n) is 18.7. The van der Waals surface area contributed by atoms with E-state index in [1.807, 2.05) is 84.9 Å². The quantitative estimate of drug-likeness (QED) is 0.251. The number of rotatable bonds is 8. The molecule has 0 saturated heterocycles. The van der Waals surface area contributed by atoms with Crippen molar-refractivity contribution in [2.24, 2.45) is 0 Å². The Labute approximate surface area is 207 Å². The number of hydrogen-bond acceptors (Lipinski definition) is 4. The summed E-state index contributed by atoms with van der Waals surface area (Å²) in [6.07, 6.45) is -0.142. The molecule has 0 aliphatic heterocycles. The monoisotopic (exact) mass is 483 g/mol. The van der Waals surface area contributed by atoms with E-state index in [4.69, 9.17) is 20.8 Å². The highest BCUT2D eigenvalue weighted by Crippen LogP contribution is 2.32. The van der Waals surface area contributed by atoms with Crippen molar-refractivity contribution in [3.05, 3.63) is 108 Å². The summed E-state index contributed by atoms with van der Waals surface area (Å²) in [4.78, 5) is 16.5. The minimum Gasteiger partial charge on any atom is -0.479 e. The molecule has 0 bridgehead atoms. The van der Waals surface area contributed by atoms with E-state index in [-0.39, 0.29) is 0 Å². The third kappa shape index (κ3) is 5.20. The van der Waals surface area contributed by atoms with E-state index in [1.165, 1.54) is 0 Å². The molecule has 5 aromatic rings. The van der Waals surface area contributed by atoms with E-state index in [2.05, 4.69) is 4.98 Å². The SMILES string of the molecule is O=C(O)C(CCc1ccc(-c2ccc(Cl)cc2)cc1)Oc1ccccc1-c1nc2ccccc2o1. The molecule has 0 amide bonds. The van der Waals surface area contributed by atoms with Gasteiger partial charge in [-0.3, -0.25) is 0 Å². The van der Waals surface area contributed by atoms with Gasteiger partial charge in [-0.05, 0) is 65.9 Å². The first-order valence-corrected chi connectivity index (χ1v) is 11.6. The zero-order chi connectivity index (χ0) is 24.2. The third-order valence-corrected chi connectivity index (χ3v) is 6.03. The summed E-state index contributed by atoms with van der Waals surface area (Å²) in [6, 6.07) is 30.4. The number of hydrogen-bond donors (Lipinski definition) is 1. The van der Waals surface area contributed by atoms with Crippen LogP contribution in [0.3, 0.4) is 0 Å². The maximum atomic E-state index is 12.0. The predicted molar refractivity (Wildman–Crippen MR) is 137 cm³/mol. The lowest BCUT2D eigenvalue weighted by molar-refractivity contribution is -0.145. The van der Waals surface area contributed by atoms with E-state index < -0.39 is 12.1 Å². The number of carboxylic acid groups (broad SMARTS) is 1. The molecule has 0 spiro atoms. The molecule has 5 rings (SSSR count). The Kier molecular flexibility index (Phi) is 6.51. The molecule has 0 saturated carbocycles. The fourth-order valence-corrected chi connectivity index (χ4v) is 4.05. The van der Waals surface area contributed by atoms with Crippen molar-refractivity contribution >= 4 is 28.7 Å². The molecule has 1 aromatic heterocycles. The summed E-state index contributed by atoms with van der Waals surface area (Å²) in [7, 11) is 0. The number of aryl methyl sites for hydroxylation is 1. The Morgan fingerprint density at radius 2 is 1.54 bits per heavy atom. The lowest BCUT2D eigenvalue weighted by Gasteiger charge is -2.17. The van der Waals surface area contributed by atoms with Gasteiger partial charge in [0.1, 0.15) is 11.3 Å². The maximum absolute atomic E-state index is 12.0. The van der Waals surface area contributed by atoms with Crippen molar-refractivity contribution < 1.29 is 19.1 Å². The van der Waals surface area contributed by atoms with Gasteiger partial charge in [-0.25, -0.2) is 9.78 Å². The fraction of sp³-hybridized carbons (Fsp3) is 0.103. The Balaban J connectivity index is 1.31. The van der Waals surface area contributed by atoms with Crippen molar-refractivity contribution in [1.82, 2.24) is 4.98 Å². The normalized spacial score (nSPS) is 11.9. The average Bonchev–Trinajstić information content (AvgIpc) is 3.32. The highest BCUT2D eigenvalue weighted by atomic mass is 35.5. The average molecular weight is 484 g/mol. The standard InChI is InChI=1S/C29H22ClNO4/c30-22-16-14-21(15-17-22)20-12-9-19(10-13-20)11-18-27(29(32)33)34-25-7-3-1-5-23(25)28-31-24-6-2-4-8-26(24)35-28/h1-10,12-17,27H,11,18H2,(H,32,33). The van der Waals surface area contributed by atoms with Crippen LogP contribution in [0.15, 0.2) is 101 Å². The molecule has 0 radical (unpaired) electrons. The predicted octanol–water partition coefficient (Wildman–Crippen LogP) is 7.28. The van der Waals surface area contributed by atoms with Crippen molar-refractivity contribution in [3.8, 4) is 28.3 Å². The minimum absolute atomic E-state index is 0.317. The second-order valence-corrected chi connectivity index (χ2v) is 8.61. The number of ether oxygens (including phenoxy) is 1. The Morgan fingerprint density at radius 3 is 2.26 bits per heavy atom. The molecule has 1 unspecified atom stereocenters. The number of nitrogens with zero attached hydrogens (tertiary/aromatic N) is 1. The van der Waals surface area contributed by atoms with Gasteiger partial charge in [0, 0.05) is 5.02 Å². The second kappa shape index (κ2) is 10.0. The third-order valence-electron chi connectivity index (χ3n) is 5.78. The van der Waals surface area contributed by atoms with Crippen LogP contribution in [0.5, 0.6) is 5.75 Å². The molecule has 4 aromatic carbocycles. The number of benzene rings is 4. The molecule has 35 heavy (non-hydrogen) atoms. The van der Waals surface area contributed by atoms with Crippen LogP contribution in [0.4, 0.5) is 0 Å². The first kappa shape index (κ1) is 22.7. The summed E-state index contributed by atoms with van der Waals surface area (Å²) < 4.78 is 11.8. The van der Waals surface area contributed by atoms with Crippen LogP contribution in [0.1, 0.15) is 12.0 Å². The molecular weight excluding hydrogens is 462 g/mol. The lowest BCUT2D eigenvalue weighted by atomic mass is 10.0. The van der Waals surface area contributed by atoms with Gasteiger partial charge in [0.15, 0.2) is 11.7 Å². The van der Waals surface area contributed by atoms with Gasteiger partial charge in [0.05, 0.1) is 5.56 Å². The lowest BCUT2D eigenvalue weighted by Crippen LogP contribution is -2.27. The smallest absolute Gasteiger partial charge is 0.344 e. The number of aromatic nitrogens is 1. The second-order valence-electron chi connectivity index (χ2n) is 8.17. The van der Waals surface area contributed by atoms with E-state index in [9.17, 15) is 9.90 Å². The van der Waals surface area contributed by atoms with Crippen LogP contribution in [0.2, 0.25) is 5.02 Å². The van der Waals surface area contributed by atoms with Crippen molar-refractivity contribution in [2.75, 3.05) is 0 Å². The van der Waals surface area contributed by atoms with E-state index >= 15 is 0 Å². The molecule has 1 atom stereocenters. The van der Waals surface area contributed by atoms with Gasteiger partial charge < -0.3 is 14.3 Å². The van der Waals surface area contributed by atoms with Gasteiger partial charge in [-0.2, -0.15) is 0 Å². The zero-order valence-corrected chi connectivity index (χ0v) is 19.5. The summed E-state index contributed by atoms with van der Waals surface area (Å²) in [5.41, 5.74) is 5.18. The van der Waals surface area contributed by atoms with Crippen LogP contribution >= 0.6 is 11.6 Å². The highest BCUT2D eigenvalue weighted by molar-refractivity contribution is 6.30. The first-order chi connectivity index (χ1) is 17.1. The molecule has 174 valence electrons. The molecule has 6 heteroatoms. The van der Waals surface area contributed by atoms with Gasteiger partial charge >= 0.3 is 5.97 Å². The highest BCUT2D eigenvalue weighted by Gasteiger charge is 2.22. The van der Waals surface area contributed by atoms with Gasteiger partial charge in [0.2, 0.25) is 5.89 Å². The molecule has 0 aliphatic carbocycles. The Hall–Kier alpha value is -4.09. The van der Waals surface area contributed by atoms with Gasteiger partial charge in [0.25, 0.3) is 0 Å². The van der Waals surface area contributed by atoms with Crippen LogP contribution in [-0.2, 0) is 11.2 Å². The van der Waals surface area contributed by atoms with Crippen LogP contribution in [-0.4, -0.2) is 22.2 Å². The number of carboxylic acids is 1. The number of aliphatic carboxylic acids is 1. The summed E-state index contributed by atoms with van der Waals surface area (Å²) in [5, 5.41) is 10.5. The van der Waals surface area contributed by atoms with Gasteiger partial charge in [-0.15, -0.1) is 0 Å². The largest absolute Gasteiger partial charge is 0.479 e. The molecule has 0 aliphatic rings. The number of halogens is 1. The van der Waals surface area contributed by atoms with Crippen molar-refractivity contribution in [1.29, 1.82) is 0 Å². The van der Waals surface area contributed by atoms with Crippen LogP contribution in [0, 0.1) is 0 Å². The summed E-state index contributed by atoms with van der Waals surface area (Å²) in [6.45, 7) is 0. The van der Waals surface area contributed by atoms with E-state index in [0.29, 0.717) is 40.7 Å². The van der Waals surface area contributed by atoms with Gasteiger partial charge in [-0.1, -0.05) is 72.3 Å². The fourth-order valence-electron chi connectivity index (χ4n) is 3.92. The van der Waals surface area contributed by atoms with Crippen LogP contribution < -0.4 is 4.74 Å². The maximum Gasteiger partial charge on any atom is 0.344 e. The number of oxazole rings is 1. The number of fused-ring (bicyclic) bond motifs is 1. The molecule has 5 nitrogen and oxygen atoms in total. The summed E-state index contributed by atoms with van der Waals surface area (Å²) in [5.74, 6) is -0.205. The molecule has 1 heterocycles. The number of para-hydroxylation sites is 3. The molecule has 1 N–H and O–H groups in total. The Morgan fingerprint density at radius 1 is 0.886 bits per heavy atom. The molecular formula is C29H22ClNO4. The van der Waals surface area contributed by atoms with E-state index in [1.54, 1.807) is 12.1 Å². The Bertz CT molecular complexity index is 1430. The van der Waals surface area contributed by atoms with E-state index in [0.717, 1.165) is 22.2 Å². The van der Waals surface area contributed by atoms with Crippen molar-refractivity contribution in [2.45, 2.75) is 18.9 Å². The van der Waals surface area contributed by atoms with Crippen molar-refractivity contribution in [3.63, 3.8) is 0 Å². The topological polar surface area (TPSA) is 72.6 Å². The molecule has 0 fully saturated rings. The summed E-state index contributed by atoms with van der Waals surface area (Å²) >= 11 is 5.97. The minimum atomic E-state index is -1.02. The van der Waals surface area contributed by atoms with Crippen LogP contribution in [0.25, 0.3) is 33.7 Å². The first-order valence-electron chi connectivity index (χ1n) is 11.3. The number of carbonyl (C=O) groups is 1.